The number of aromatic amines is 1. The maximum absolute atomic E-state index is 10.1. The van der Waals surface area contributed by atoms with Crippen molar-refractivity contribution in [3.8, 4) is 0 Å². The minimum Gasteiger partial charge on any atom is -0.354 e. The summed E-state index contributed by atoms with van der Waals surface area (Å²) in [5, 5.41) is 1.11. The molecular formula is C10H7NO. The van der Waals surface area contributed by atoms with Gasteiger partial charge in [0.1, 0.15) is 5.94 Å². The Morgan fingerprint density at radius 1 is 1.33 bits per heavy atom. The molecular weight excluding hydrogens is 150 g/mol. The van der Waals surface area contributed by atoms with Gasteiger partial charge < -0.3 is 4.98 Å². The zero-order valence-electron chi connectivity index (χ0n) is 6.37. The van der Waals surface area contributed by atoms with Crippen molar-refractivity contribution in [3.05, 3.63) is 36.0 Å². The second-order valence-corrected chi connectivity index (χ2v) is 2.57. The van der Waals surface area contributed by atoms with Crippen LogP contribution in [-0.2, 0) is 4.79 Å². The maximum atomic E-state index is 10.1. The lowest BCUT2D eigenvalue weighted by atomic mass is 10.2. The number of rotatable bonds is 1. The van der Waals surface area contributed by atoms with E-state index in [1.54, 1.807) is 5.94 Å². The van der Waals surface area contributed by atoms with Crippen molar-refractivity contribution in [2.75, 3.05) is 0 Å². The lowest BCUT2D eigenvalue weighted by molar-refractivity contribution is 0.570. The zero-order valence-corrected chi connectivity index (χ0v) is 6.37. The quantitative estimate of drug-likeness (QED) is 0.631. The van der Waals surface area contributed by atoms with Gasteiger partial charge >= 0.3 is 0 Å². The van der Waals surface area contributed by atoms with Gasteiger partial charge in [0.15, 0.2) is 0 Å². The predicted molar refractivity (Wildman–Crippen MR) is 48.5 cm³/mol. The van der Waals surface area contributed by atoms with Crippen LogP contribution in [0.4, 0.5) is 0 Å². The number of carbonyl (C=O) groups excluding carboxylic acids is 1. The van der Waals surface area contributed by atoms with Crippen LogP contribution in [0.15, 0.2) is 30.3 Å². The molecule has 0 unspecified atom stereocenters. The Morgan fingerprint density at radius 3 is 2.92 bits per heavy atom. The lowest BCUT2D eigenvalue weighted by Crippen LogP contribution is -1.67. The molecule has 58 valence electrons. The van der Waals surface area contributed by atoms with Gasteiger partial charge in [0.25, 0.3) is 0 Å². The molecule has 0 bridgehead atoms. The lowest BCUT2D eigenvalue weighted by Gasteiger charge is -1.83. The molecule has 2 rings (SSSR count). The fourth-order valence-electron chi connectivity index (χ4n) is 1.24. The molecule has 0 spiro atoms. The molecule has 1 aromatic carbocycles. The van der Waals surface area contributed by atoms with Gasteiger partial charge in [0.05, 0.1) is 5.69 Å². The summed E-state index contributed by atoms with van der Waals surface area (Å²) in [6, 6.07) is 9.80. The van der Waals surface area contributed by atoms with Crippen LogP contribution in [-0.4, -0.2) is 10.9 Å². The third kappa shape index (κ3) is 1.04. The van der Waals surface area contributed by atoms with Crippen molar-refractivity contribution in [2.45, 2.75) is 0 Å². The number of para-hydroxylation sites is 1. The summed E-state index contributed by atoms with van der Waals surface area (Å²) < 4.78 is 0. The first-order valence-electron chi connectivity index (χ1n) is 3.69. The molecule has 0 aliphatic carbocycles. The summed E-state index contributed by atoms with van der Waals surface area (Å²) in [7, 11) is 0. The summed E-state index contributed by atoms with van der Waals surface area (Å²) in [5.74, 6) is 1.74. The SMILES string of the molecule is O=C=Cc1cc2ccccc2[nH]1. The Kier molecular flexibility index (Phi) is 1.54. The van der Waals surface area contributed by atoms with Gasteiger partial charge in [-0.3, -0.25) is 0 Å². The zero-order chi connectivity index (χ0) is 8.39. The highest BCUT2D eigenvalue weighted by Crippen LogP contribution is 2.14. The molecule has 2 nitrogen and oxygen atoms in total. The van der Waals surface area contributed by atoms with Gasteiger partial charge in [-0.25, -0.2) is 4.79 Å². The average molecular weight is 157 g/mol. The van der Waals surface area contributed by atoms with Crippen molar-refractivity contribution >= 4 is 22.9 Å². The van der Waals surface area contributed by atoms with E-state index in [0.717, 1.165) is 16.6 Å². The number of aromatic nitrogens is 1. The van der Waals surface area contributed by atoms with Crippen LogP contribution in [0.3, 0.4) is 0 Å². The highest BCUT2D eigenvalue weighted by Gasteiger charge is 1.95. The smallest absolute Gasteiger partial charge is 0.126 e. The first-order valence-corrected chi connectivity index (χ1v) is 3.69. The third-order valence-electron chi connectivity index (χ3n) is 1.77. The Morgan fingerprint density at radius 2 is 2.17 bits per heavy atom. The summed E-state index contributed by atoms with van der Waals surface area (Å²) >= 11 is 0. The maximum Gasteiger partial charge on any atom is 0.126 e. The molecule has 1 heterocycles. The largest absolute Gasteiger partial charge is 0.354 e. The standard InChI is InChI=1S/C10H7NO/c12-6-5-9-7-8-3-1-2-4-10(8)11-9/h1-5,7,11H. The normalized spacial score (nSPS) is 9.67. The van der Waals surface area contributed by atoms with E-state index >= 15 is 0 Å². The fraction of sp³-hybridized carbons (Fsp3) is 0. The molecule has 0 aliphatic rings. The number of nitrogens with one attached hydrogen (secondary N) is 1. The van der Waals surface area contributed by atoms with Gasteiger partial charge in [-0.2, -0.15) is 0 Å². The van der Waals surface area contributed by atoms with Gasteiger partial charge in [-0.15, -0.1) is 0 Å². The minimum absolute atomic E-state index is 0.797. The topological polar surface area (TPSA) is 32.9 Å². The molecule has 0 saturated carbocycles. The summed E-state index contributed by atoms with van der Waals surface area (Å²) in [5.41, 5.74) is 1.84. The minimum atomic E-state index is 0.797. The second kappa shape index (κ2) is 2.68. The highest BCUT2D eigenvalue weighted by molar-refractivity contribution is 5.85. The summed E-state index contributed by atoms with van der Waals surface area (Å²) in [4.78, 5) is 13.1. The van der Waals surface area contributed by atoms with E-state index < -0.39 is 0 Å². The molecule has 0 atom stereocenters. The number of hydrogen-bond acceptors (Lipinski definition) is 1. The summed E-state index contributed by atoms with van der Waals surface area (Å²) in [6.45, 7) is 0. The van der Waals surface area contributed by atoms with Gasteiger partial charge in [-0.1, -0.05) is 18.2 Å². The Labute approximate surface area is 69.5 Å². The first-order chi connectivity index (χ1) is 5.90. The van der Waals surface area contributed by atoms with E-state index in [2.05, 4.69) is 4.98 Å². The molecule has 1 aromatic heterocycles. The van der Waals surface area contributed by atoms with Crippen molar-refractivity contribution in [1.29, 1.82) is 0 Å². The van der Waals surface area contributed by atoms with E-state index in [4.69, 9.17) is 0 Å². The van der Waals surface area contributed by atoms with Crippen molar-refractivity contribution in [1.82, 2.24) is 4.98 Å². The molecule has 0 aliphatic heterocycles. The van der Waals surface area contributed by atoms with Gasteiger partial charge in [-0.05, 0) is 12.1 Å². The van der Waals surface area contributed by atoms with Gasteiger partial charge in [0.2, 0.25) is 0 Å². The number of hydrogen-bond donors (Lipinski definition) is 1. The van der Waals surface area contributed by atoms with Crippen LogP contribution in [0, 0.1) is 0 Å². The van der Waals surface area contributed by atoms with Gasteiger partial charge in [0, 0.05) is 17.0 Å². The molecule has 0 radical (unpaired) electrons. The molecule has 1 N–H and O–H groups in total. The first kappa shape index (κ1) is 6.89. The van der Waals surface area contributed by atoms with E-state index in [1.165, 1.54) is 6.08 Å². The van der Waals surface area contributed by atoms with E-state index in [9.17, 15) is 4.79 Å². The average Bonchev–Trinajstić information content (AvgIpc) is 2.47. The van der Waals surface area contributed by atoms with Crippen LogP contribution in [0.2, 0.25) is 0 Å². The molecule has 0 fully saturated rings. The molecule has 2 heteroatoms. The molecule has 0 saturated heterocycles. The number of H-pyrrole nitrogens is 1. The Bertz CT molecular complexity index is 417. The monoisotopic (exact) mass is 157 g/mol. The van der Waals surface area contributed by atoms with Crippen LogP contribution >= 0.6 is 0 Å². The molecule has 12 heavy (non-hydrogen) atoms. The molecule has 0 amide bonds. The number of fused-ring (bicyclic) bond motifs is 1. The van der Waals surface area contributed by atoms with Crippen LogP contribution < -0.4 is 0 Å². The van der Waals surface area contributed by atoms with Crippen LogP contribution in [0.5, 0.6) is 0 Å². The fourth-order valence-corrected chi connectivity index (χ4v) is 1.24. The second-order valence-electron chi connectivity index (χ2n) is 2.57. The van der Waals surface area contributed by atoms with Crippen LogP contribution in [0.25, 0.3) is 17.0 Å². The van der Waals surface area contributed by atoms with Crippen molar-refractivity contribution in [2.24, 2.45) is 0 Å². The predicted octanol–water partition coefficient (Wildman–Crippen LogP) is 2.01. The Balaban J connectivity index is 2.69. The van der Waals surface area contributed by atoms with Crippen molar-refractivity contribution < 1.29 is 4.79 Å². The summed E-state index contributed by atoms with van der Waals surface area (Å²) in [6.07, 6.45) is 1.39. The van der Waals surface area contributed by atoms with E-state index in [-0.39, 0.29) is 0 Å². The van der Waals surface area contributed by atoms with Crippen LogP contribution in [0.1, 0.15) is 5.69 Å². The van der Waals surface area contributed by atoms with E-state index in [0.29, 0.717) is 0 Å². The highest BCUT2D eigenvalue weighted by atomic mass is 16.1. The number of benzene rings is 1. The third-order valence-corrected chi connectivity index (χ3v) is 1.77. The van der Waals surface area contributed by atoms with E-state index in [1.807, 2.05) is 30.3 Å². The van der Waals surface area contributed by atoms with Crippen molar-refractivity contribution in [3.63, 3.8) is 0 Å². The molecule has 2 aromatic rings. The Hall–Kier alpha value is -1.79.